The van der Waals surface area contributed by atoms with Gasteiger partial charge in [-0.2, -0.15) is 0 Å². The second-order valence-electron chi connectivity index (χ2n) is 15.6. The number of hydrogen-bond donors (Lipinski definition) is 0. The van der Waals surface area contributed by atoms with Crippen LogP contribution in [0.1, 0.15) is 25.0 Å². The third-order valence-corrected chi connectivity index (χ3v) is 11.9. The highest BCUT2D eigenvalue weighted by molar-refractivity contribution is 6.02. The van der Waals surface area contributed by atoms with Gasteiger partial charge >= 0.3 is 0 Å². The van der Waals surface area contributed by atoms with Crippen molar-refractivity contribution >= 4 is 17.1 Å². The minimum Gasteiger partial charge on any atom is -0.309 e. The van der Waals surface area contributed by atoms with E-state index in [4.69, 9.17) is 0 Å². The number of para-hydroxylation sites is 1. The van der Waals surface area contributed by atoms with E-state index < -0.39 is 0 Å². The summed E-state index contributed by atoms with van der Waals surface area (Å²) >= 11 is 0. The van der Waals surface area contributed by atoms with Crippen LogP contribution in [0.15, 0.2) is 224 Å². The first-order valence-electron chi connectivity index (χ1n) is 20.2. The van der Waals surface area contributed by atoms with Crippen molar-refractivity contribution in [3.05, 3.63) is 236 Å². The molecule has 58 heavy (non-hydrogen) atoms. The number of hydrogen-bond acceptors (Lipinski definition) is 1. The average Bonchev–Trinajstić information content (AvgIpc) is 3.53. The lowest BCUT2D eigenvalue weighted by Gasteiger charge is -2.31. The fourth-order valence-electron chi connectivity index (χ4n) is 9.26. The Bertz CT molecular complexity index is 2890. The molecule has 1 nitrogen and oxygen atoms in total. The van der Waals surface area contributed by atoms with Crippen molar-refractivity contribution in [2.24, 2.45) is 0 Å². The van der Waals surface area contributed by atoms with E-state index in [1.807, 2.05) is 0 Å². The largest absolute Gasteiger partial charge is 0.309 e. The molecule has 0 atom stereocenters. The summed E-state index contributed by atoms with van der Waals surface area (Å²) < 4.78 is 0. The van der Waals surface area contributed by atoms with Crippen LogP contribution >= 0.6 is 0 Å². The minimum atomic E-state index is -0.110. The smallest absolute Gasteiger partial charge is 0.0546 e. The van der Waals surface area contributed by atoms with Gasteiger partial charge in [-0.1, -0.05) is 214 Å². The third kappa shape index (κ3) is 6.04. The maximum atomic E-state index is 2.48. The van der Waals surface area contributed by atoms with Gasteiger partial charge in [0.2, 0.25) is 0 Å². The Morgan fingerprint density at radius 1 is 0.293 bits per heavy atom. The molecule has 0 aliphatic heterocycles. The molecule has 276 valence electrons. The molecule has 1 aliphatic rings. The van der Waals surface area contributed by atoms with Gasteiger partial charge in [-0.3, -0.25) is 0 Å². The molecule has 0 fully saturated rings. The molecule has 0 N–H and O–H groups in total. The third-order valence-electron chi connectivity index (χ3n) is 11.9. The number of nitrogens with zero attached hydrogens (tertiary/aromatic N) is 1. The Hall–Kier alpha value is -7.22. The molecule has 1 aliphatic carbocycles. The summed E-state index contributed by atoms with van der Waals surface area (Å²) in [6, 6.07) is 81.8. The molecule has 0 bridgehead atoms. The monoisotopic (exact) mass is 741 g/mol. The van der Waals surface area contributed by atoms with Crippen LogP contribution in [0.3, 0.4) is 0 Å². The van der Waals surface area contributed by atoms with E-state index in [9.17, 15) is 0 Å². The Labute approximate surface area is 342 Å². The van der Waals surface area contributed by atoms with Gasteiger partial charge in [0.05, 0.1) is 11.4 Å². The van der Waals surface area contributed by atoms with E-state index >= 15 is 0 Å². The van der Waals surface area contributed by atoms with E-state index in [2.05, 4.69) is 243 Å². The van der Waals surface area contributed by atoms with Gasteiger partial charge < -0.3 is 4.90 Å². The molecule has 0 amide bonds. The zero-order valence-corrected chi connectivity index (χ0v) is 32.8. The number of fused-ring (bicyclic) bond motifs is 3. The van der Waals surface area contributed by atoms with Crippen molar-refractivity contribution in [1.82, 2.24) is 0 Å². The van der Waals surface area contributed by atoms with E-state index in [0.717, 1.165) is 17.1 Å². The van der Waals surface area contributed by atoms with Gasteiger partial charge in [-0.15, -0.1) is 0 Å². The van der Waals surface area contributed by atoms with E-state index in [1.54, 1.807) is 0 Å². The highest BCUT2D eigenvalue weighted by atomic mass is 15.1. The highest BCUT2D eigenvalue weighted by Gasteiger charge is 2.37. The van der Waals surface area contributed by atoms with Crippen LogP contribution in [-0.4, -0.2) is 0 Å². The molecular formula is C57H43N. The molecule has 9 aromatic carbocycles. The normalized spacial score (nSPS) is 12.4. The summed E-state index contributed by atoms with van der Waals surface area (Å²) in [4.78, 5) is 2.48. The predicted octanol–water partition coefficient (Wildman–Crippen LogP) is 15.8. The van der Waals surface area contributed by atoms with Gasteiger partial charge in [-0.05, 0) is 91.0 Å². The first-order chi connectivity index (χ1) is 28.6. The second kappa shape index (κ2) is 14.7. The lowest BCUT2D eigenvalue weighted by Crippen LogP contribution is -2.16. The summed E-state index contributed by atoms with van der Waals surface area (Å²) in [6.07, 6.45) is 0. The van der Waals surface area contributed by atoms with Crippen molar-refractivity contribution in [2.75, 3.05) is 4.90 Å². The van der Waals surface area contributed by atoms with Crippen molar-refractivity contribution in [3.63, 3.8) is 0 Å². The number of rotatable bonds is 8. The molecule has 0 unspecified atom stereocenters. The van der Waals surface area contributed by atoms with Gasteiger partial charge in [0, 0.05) is 22.2 Å². The summed E-state index contributed by atoms with van der Waals surface area (Å²) in [5.74, 6) is 0. The Morgan fingerprint density at radius 3 is 1.40 bits per heavy atom. The van der Waals surface area contributed by atoms with Crippen LogP contribution in [0.4, 0.5) is 17.1 Å². The Balaban J connectivity index is 1.22. The first-order valence-corrected chi connectivity index (χ1v) is 20.2. The molecular weight excluding hydrogens is 699 g/mol. The molecule has 9 aromatic rings. The zero-order valence-electron chi connectivity index (χ0n) is 32.8. The fourth-order valence-corrected chi connectivity index (χ4v) is 9.26. The van der Waals surface area contributed by atoms with Crippen molar-refractivity contribution in [3.8, 4) is 66.8 Å². The second-order valence-corrected chi connectivity index (χ2v) is 15.6. The minimum absolute atomic E-state index is 0.110. The molecule has 0 radical (unpaired) electrons. The lowest BCUT2D eigenvalue weighted by molar-refractivity contribution is 0.662. The van der Waals surface area contributed by atoms with E-state index in [0.29, 0.717) is 0 Å². The molecule has 10 rings (SSSR count). The quantitative estimate of drug-likeness (QED) is 0.150. The zero-order chi connectivity index (χ0) is 39.1. The average molecular weight is 742 g/mol. The van der Waals surface area contributed by atoms with E-state index in [1.165, 1.54) is 77.9 Å². The summed E-state index contributed by atoms with van der Waals surface area (Å²) in [7, 11) is 0. The maximum absolute atomic E-state index is 2.48. The van der Waals surface area contributed by atoms with Crippen molar-refractivity contribution in [2.45, 2.75) is 19.3 Å². The van der Waals surface area contributed by atoms with Gasteiger partial charge in [-0.25, -0.2) is 0 Å². The van der Waals surface area contributed by atoms with Gasteiger partial charge in [0.25, 0.3) is 0 Å². The molecule has 0 aromatic heterocycles. The molecule has 0 spiro atoms. The van der Waals surface area contributed by atoms with Crippen LogP contribution in [0.5, 0.6) is 0 Å². The topological polar surface area (TPSA) is 3.24 Å². The molecule has 0 saturated heterocycles. The highest BCUT2D eigenvalue weighted by Crippen LogP contribution is 2.53. The van der Waals surface area contributed by atoms with Gasteiger partial charge in [0.1, 0.15) is 0 Å². The molecule has 0 saturated carbocycles. The van der Waals surface area contributed by atoms with Crippen molar-refractivity contribution < 1.29 is 0 Å². The summed E-state index contributed by atoms with van der Waals surface area (Å²) in [5, 5.41) is 0. The lowest BCUT2D eigenvalue weighted by atomic mass is 9.79. The summed E-state index contributed by atoms with van der Waals surface area (Å²) in [6.45, 7) is 4.73. The predicted molar refractivity (Wildman–Crippen MR) is 246 cm³/mol. The standard InChI is InChI=1S/C57H43N/c1-57(2)52-33-16-14-28-49(52)51-32-18-31-48(56(51)57)43-36-38-44(39-37-43)58(53-34-17-15-27-46(53)41-22-8-4-9-23-41)54-35-19-30-47(42-24-10-5-11-25-42)55(54)50-29-13-12-26-45(50)40-20-6-3-7-21-40/h3-39H,1-2H3. The summed E-state index contributed by atoms with van der Waals surface area (Å²) in [5.41, 5.74) is 20.6. The number of benzene rings is 9. The van der Waals surface area contributed by atoms with Crippen molar-refractivity contribution in [1.29, 1.82) is 0 Å². The van der Waals surface area contributed by atoms with Crippen LogP contribution in [-0.2, 0) is 5.41 Å². The molecule has 0 heterocycles. The fraction of sp³-hybridized carbons (Fsp3) is 0.0526. The van der Waals surface area contributed by atoms with Crippen LogP contribution in [0.25, 0.3) is 66.8 Å². The SMILES string of the molecule is CC1(C)c2ccccc2-c2cccc(-c3ccc(N(c4ccccc4-c4ccccc4)c4cccc(-c5ccccc5)c4-c4ccccc4-c4ccccc4)cc3)c21. The first kappa shape index (κ1) is 35.2. The van der Waals surface area contributed by atoms with E-state index in [-0.39, 0.29) is 5.41 Å². The van der Waals surface area contributed by atoms with Crippen LogP contribution in [0.2, 0.25) is 0 Å². The Kier molecular flexibility index (Phi) is 8.92. The molecule has 1 heteroatoms. The van der Waals surface area contributed by atoms with Gasteiger partial charge in [0.15, 0.2) is 0 Å². The maximum Gasteiger partial charge on any atom is 0.0546 e. The Morgan fingerprint density at radius 2 is 0.724 bits per heavy atom. The number of anilines is 3. The van der Waals surface area contributed by atoms with Crippen LogP contribution < -0.4 is 4.90 Å². The van der Waals surface area contributed by atoms with Crippen LogP contribution in [0, 0.1) is 0 Å².